The maximum atomic E-state index is 14.0. The Balaban J connectivity index is 2.03. The monoisotopic (exact) mass is 585 g/mol. The van der Waals surface area contributed by atoms with Gasteiger partial charge in [0.1, 0.15) is 18.3 Å². The van der Waals surface area contributed by atoms with Crippen LogP contribution in [0.3, 0.4) is 0 Å². The highest BCUT2D eigenvalue weighted by Gasteiger charge is 2.33. The van der Waals surface area contributed by atoms with Crippen LogP contribution in [-0.2, 0) is 26.2 Å². The number of sulfonamides is 1. The fourth-order valence-electron chi connectivity index (χ4n) is 4.15. The second-order valence-electron chi connectivity index (χ2n) is 9.74. The standard InChI is InChI=1S/C30H36ClN3O5S/c1-5-28(30(36)32-19-22(2)3)33(20-23-14-16-26(39-4)17-15-23)29(35)21-34(25-11-9-10-24(31)18-25)40(37,38)27-12-7-6-8-13-27/h6-18,22,28H,5,19-21H2,1-4H3,(H,32,36)/t28-/m1/s1. The number of benzene rings is 3. The number of anilines is 1. The molecule has 0 heterocycles. The van der Waals surface area contributed by atoms with E-state index >= 15 is 0 Å². The van der Waals surface area contributed by atoms with Gasteiger partial charge in [0.15, 0.2) is 0 Å². The largest absolute Gasteiger partial charge is 0.497 e. The number of ether oxygens (including phenoxy) is 1. The van der Waals surface area contributed by atoms with Gasteiger partial charge in [-0.1, -0.05) is 68.8 Å². The van der Waals surface area contributed by atoms with Gasteiger partial charge < -0.3 is 15.0 Å². The highest BCUT2D eigenvalue weighted by atomic mass is 35.5. The normalized spacial score (nSPS) is 12.1. The summed E-state index contributed by atoms with van der Waals surface area (Å²) in [5.41, 5.74) is 1.01. The van der Waals surface area contributed by atoms with Gasteiger partial charge in [0, 0.05) is 18.1 Å². The SMILES string of the molecule is CC[C@H](C(=O)NCC(C)C)N(Cc1ccc(OC)cc1)C(=O)CN(c1cccc(Cl)c1)S(=O)(=O)c1ccccc1. The second-order valence-corrected chi connectivity index (χ2v) is 12.0. The van der Waals surface area contributed by atoms with E-state index in [1.807, 2.05) is 32.9 Å². The molecular weight excluding hydrogens is 550 g/mol. The number of nitrogens with zero attached hydrogens (tertiary/aromatic N) is 2. The Labute approximate surface area is 241 Å². The van der Waals surface area contributed by atoms with Crippen LogP contribution in [0.15, 0.2) is 83.8 Å². The van der Waals surface area contributed by atoms with Crippen molar-refractivity contribution in [3.63, 3.8) is 0 Å². The van der Waals surface area contributed by atoms with E-state index in [1.165, 1.54) is 23.1 Å². The number of amides is 2. The van der Waals surface area contributed by atoms with E-state index in [0.717, 1.165) is 9.87 Å². The molecule has 0 aliphatic carbocycles. The first-order chi connectivity index (χ1) is 19.1. The lowest BCUT2D eigenvalue weighted by molar-refractivity contribution is -0.140. The molecular formula is C30H36ClN3O5S. The summed E-state index contributed by atoms with van der Waals surface area (Å²) in [5.74, 6) is 0.0612. The third-order valence-corrected chi connectivity index (χ3v) is 8.31. The van der Waals surface area contributed by atoms with Crippen molar-refractivity contribution in [1.29, 1.82) is 0 Å². The third-order valence-electron chi connectivity index (χ3n) is 6.29. The summed E-state index contributed by atoms with van der Waals surface area (Å²) < 4.78 is 33.9. The minimum atomic E-state index is -4.15. The molecule has 1 atom stereocenters. The number of rotatable bonds is 13. The minimum Gasteiger partial charge on any atom is -0.497 e. The fraction of sp³-hybridized carbons (Fsp3) is 0.333. The van der Waals surface area contributed by atoms with Crippen LogP contribution in [0, 0.1) is 5.92 Å². The number of hydrogen-bond acceptors (Lipinski definition) is 5. The van der Waals surface area contributed by atoms with Crippen LogP contribution in [0.25, 0.3) is 0 Å². The predicted molar refractivity (Wildman–Crippen MR) is 158 cm³/mol. The predicted octanol–water partition coefficient (Wildman–Crippen LogP) is 5.12. The number of carbonyl (C=O) groups is 2. The van der Waals surface area contributed by atoms with E-state index in [4.69, 9.17) is 16.3 Å². The number of halogens is 1. The lowest BCUT2D eigenvalue weighted by Gasteiger charge is -2.33. The van der Waals surface area contributed by atoms with Gasteiger partial charge in [0.2, 0.25) is 11.8 Å². The molecule has 0 bridgehead atoms. The zero-order valence-corrected chi connectivity index (χ0v) is 24.8. The van der Waals surface area contributed by atoms with Gasteiger partial charge in [-0.3, -0.25) is 13.9 Å². The van der Waals surface area contributed by atoms with Crippen LogP contribution >= 0.6 is 11.6 Å². The average molecular weight is 586 g/mol. The number of methoxy groups -OCH3 is 1. The molecule has 0 unspecified atom stereocenters. The number of hydrogen-bond donors (Lipinski definition) is 1. The van der Waals surface area contributed by atoms with E-state index in [0.29, 0.717) is 23.7 Å². The molecule has 40 heavy (non-hydrogen) atoms. The molecule has 2 amide bonds. The molecule has 3 aromatic rings. The van der Waals surface area contributed by atoms with Gasteiger partial charge in [-0.05, 0) is 60.4 Å². The zero-order chi connectivity index (χ0) is 29.3. The fourth-order valence-corrected chi connectivity index (χ4v) is 5.76. The van der Waals surface area contributed by atoms with Crippen LogP contribution < -0.4 is 14.4 Å². The zero-order valence-electron chi connectivity index (χ0n) is 23.2. The van der Waals surface area contributed by atoms with Gasteiger partial charge in [-0.25, -0.2) is 8.42 Å². The molecule has 0 saturated carbocycles. The minimum absolute atomic E-state index is 0.0335. The highest BCUT2D eigenvalue weighted by molar-refractivity contribution is 7.92. The summed E-state index contributed by atoms with van der Waals surface area (Å²) in [6.45, 7) is 5.82. The lowest BCUT2D eigenvalue weighted by atomic mass is 10.1. The molecule has 8 nitrogen and oxygen atoms in total. The Morgan fingerprint density at radius 3 is 2.23 bits per heavy atom. The molecule has 0 saturated heterocycles. The Morgan fingerprint density at radius 1 is 0.975 bits per heavy atom. The Kier molecular flexibility index (Phi) is 11.0. The van der Waals surface area contributed by atoms with Crippen molar-refractivity contribution in [3.05, 3.63) is 89.4 Å². The maximum absolute atomic E-state index is 14.0. The summed E-state index contributed by atoms with van der Waals surface area (Å²) in [7, 11) is -2.58. The number of nitrogens with one attached hydrogen (secondary N) is 1. The van der Waals surface area contributed by atoms with Gasteiger partial charge >= 0.3 is 0 Å². The first kappa shape index (κ1) is 31.0. The van der Waals surface area contributed by atoms with Gasteiger partial charge in [0.25, 0.3) is 10.0 Å². The third kappa shape index (κ3) is 7.99. The van der Waals surface area contributed by atoms with E-state index in [1.54, 1.807) is 55.6 Å². The molecule has 0 fully saturated rings. The highest BCUT2D eigenvalue weighted by Crippen LogP contribution is 2.27. The smallest absolute Gasteiger partial charge is 0.264 e. The summed E-state index contributed by atoms with van der Waals surface area (Å²) in [6, 6.07) is 20.6. The van der Waals surface area contributed by atoms with Gasteiger partial charge in [-0.15, -0.1) is 0 Å². The van der Waals surface area contributed by atoms with Crippen LogP contribution in [0.5, 0.6) is 5.75 Å². The molecule has 1 N–H and O–H groups in total. The molecule has 10 heteroatoms. The molecule has 0 radical (unpaired) electrons. The van der Waals surface area contributed by atoms with Crippen molar-refractivity contribution in [1.82, 2.24) is 10.2 Å². The summed E-state index contributed by atoms with van der Waals surface area (Å²) in [4.78, 5) is 28.8. The van der Waals surface area contributed by atoms with E-state index in [2.05, 4.69) is 5.32 Å². The molecule has 0 aromatic heterocycles. The van der Waals surface area contributed by atoms with Crippen molar-refractivity contribution < 1.29 is 22.7 Å². The van der Waals surface area contributed by atoms with Crippen molar-refractivity contribution >= 4 is 39.1 Å². The second kappa shape index (κ2) is 14.2. The summed E-state index contributed by atoms with van der Waals surface area (Å²) in [6.07, 6.45) is 0.342. The Hall–Kier alpha value is -3.56. The van der Waals surface area contributed by atoms with Gasteiger partial charge in [0.05, 0.1) is 17.7 Å². The Bertz CT molecular complexity index is 1380. The number of carbonyl (C=O) groups excluding carboxylic acids is 2. The topological polar surface area (TPSA) is 96.0 Å². The van der Waals surface area contributed by atoms with Crippen molar-refractivity contribution in [2.75, 3.05) is 24.5 Å². The first-order valence-corrected chi connectivity index (χ1v) is 14.9. The molecule has 214 valence electrons. The molecule has 3 rings (SSSR count). The van der Waals surface area contributed by atoms with Crippen LogP contribution in [0.1, 0.15) is 32.8 Å². The molecule has 0 aliphatic heterocycles. The summed E-state index contributed by atoms with van der Waals surface area (Å²) in [5, 5.41) is 3.25. The van der Waals surface area contributed by atoms with Crippen molar-refractivity contribution in [3.8, 4) is 5.75 Å². The lowest BCUT2D eigenvalue weighted by Crippen LogP contribution is -2.52. The van der Waals surface area contributed by atoms with E-state index < -0.39 is 28.5 Å². The maximum Gasteiger partial charge on any atom is 0.264 e. The van der Waals surface area contributed by atoms with E-state index in [-0.39, 0.29) is 29.0 Å². The Morgan fingerprint density at radius 2 is 1.65 bits per heavy atom. The molecule has 0 spiro atoms. The average Bonchev–Trinajstić information content (AvgIpc) is 2.95. The summed E-state index contributed by atoms with van der Waals surface area (Å²) >= 11 is 6.21. The van der Waals surface area contributed by atoms with Crippen LogP contribution in [0.4, 0.5) is 5.69 Å². The quantitative estimate of drug-likeness (QED) is 0.300. The first-order valence-electron chi connectivity index (χ1n) is 13.1. The molecule has 3 aromatic carbocycles. The van der Waals surface area contributed by atoms with Crippen LogP contribution in [-0.4, -0.2) is 51.4 Å². The van der Waals surface area contributed by atoms with E-state index in [9.17, 15) is 18.0 Å². The van der Waals surface area contributed by atoms with Crippen LogP contribution in [0.2, 0.25) is 5.02 Å². The molecule has 0 aliphatic rings. The van der Waals surface area contributed by atoms with Gasteiger partial charge in [-0.2, -0.15) is 0 Å². The van der Waals surface area contributed by atoms with Crippen molar-refractivity contribution in [2.24, 2.45) is 5.92 Å². The van der Waals surface area contributed by atoms with Crippen molar-refractivity contribution in [2.45, 2.75) is 44.7 Å².